The van der Waals surface area contributed by atoms with E-state index >= 15 is 0 Å². The van der Waals surface area contributed by atoms with Gasteiger partial charge in [0.15, 0.2) is 0 Å². The lowest BCUT2D eigenvalue weighted by atomic mass is 9.83. The van der Waals surface area contributed by atoms with Crippen molar-refractivity contribution in [3.05, 3.63) is 33.9 Å². The molecule has 1 aliphatic carbocycles. The molecule has 1 saturated carbocycles. The van der Waals surface area contributed by atoms with Crippen molar-refractivity contribution < 1.29 is 13.3 Å². The first-order valence-corrected chi connectivity index (χ1v) is 8.75. The van der Waals surface area contributed by atoms with Crippen molar-refractivity contribution in [3.63, 3.8) is 0 Å². The molecule has 1 aliphatic rings. The number of nitro groups is 1. The summed E-state index contributed by atoms with van der Waals surface area (Å²) in [4.78, 5) is 10.1. The number of nitro benzene ring substituents is 1. The zero-order chi connectivity index (χ0) is 16.4. The Morgan fingerprint density at radius 3 is 2.55 bits per heavy atom. The van der Waals surface area contributed by atoms with Gasteiger partial charge in [0.2, 0.25) is 10.0 Å². The van der Waals surface area contributed by atoms with Gasteiger partial charge in [-0.3, -0.25) is 10.1 Å². The van der Waals surface area contributed by atoms with Crippen LogP contribution in [0.3, 0.4) is 0 Å². The van der Waals surface area contributed by atoms with Crippen molar-refractivity contribution in [2.45, 2.75) is 49.5 Å². The molecule has 0 bridgehead atoms. The molecule has 0 heterocycles. The summed E-state index contributed by atoms with van der Waals surface area (Å²) < 4.78 is 27.4. The zero-order valence-electron chi connectivity index (χ0n) is 12.5. The van der Waals surface area contributed by atoms with E-state index in [0.717, 1.165) is 38.2 Å². The average molecular weight is 327 g/mol. The van der Waals surface area contributed by atoms with Crippen LogP contribution >= 0.6 is 0 Å². The molecule has 0 aromatic heterocycles. The lowest BCUT2D eigenvalue weighted by Crippen LogP contribution is -2.51. The largest absolute Gasteiger partial charge is 0.324 e. The summed E-state index contributed by atoms with van der Waals surface area (Å²) in [6, 6.07) is 3.81. The first-order chi connectivity index (χ1) is 10.2. The fourth-order valence-electron chi connectivity index (χ4n) is 2.74. The zero-order valence-corrected chi connectivity index (χ0v) is 13.4. The van der Waals surface area contributed by atoms with Gasteiger partial charge in [-0.25, -0.2) is 13.1 Å². The maximum atomic E-state index is 12.4. The fourth-order valence-corrected chi connectivity index (χ4v) is 4.14. The molecular formula is C14H21N3O4S. The molecule has 1 fully saturated rings. The number of sulfonamides is 1. The third-order valence-corrected chi connectivity index (χ3v) is 5.68. The Kier molecular flexibility index (Phi) is 4.84. The second-order valence-corrected chi connectivity index (χ2v) is 7.69. The second-order valence-electron chi connectivity index (χ2n) is 5.95. The van der Waals surface area contributed by atoms with Crippen LogP contribution in [0.15, 0.2) is 23.1 Å². The number of nitrogens with one attached hydrogen (secondary N) is 1. The van der Waals surface area contributed by atoms with Crippen LogP contribution in [0.4, 0.5) is 5.69 Å². The second kappa shape index (κ2) is 6.31. The molecule has 1 aromatic carbocycles. The van der Waals surface area contributed by atoms with Gasteiger partial charge in [-0.15, -0.1) is 0 Å². The number of hydrogen-bond acceptors (Lipinski definition) is 5. The Morgan fingerprint density at radius 2 is 1.95 bits per heavy atom. The maximum Gasteiger partial charge on any atom is 0.270 e. The Bertz CT molecular complexity index is 667. The predicted octanol–water partition coefficient (Wildman–Crippen LogP) is 1.84. The molecule has 0 saturated heterocycles. The number of benzene rings is 1. The van der Waals surface area contributed by atoms with Crippen molar-refractivity contribution in [2.75, 3.05) is 6.54 Å². The molecule has 0 spiro atoms. The number of nitrogens with zero attached hydrogens (tertiary/aromatic N) is 1. The van der Waals surface area contributed by atoms with Crippen molar-refractivity contribution in [1.82, 2.24) is 4.72 Å². The third kappa shape index (κ3) is 3.82. The highest BCUT2D eigenvalue weighted by Gasteiger charge is 2.30. The van der Waals surface area contributed by atoms with Gasteiger partial charge in [-0.2, -0.15) is 0 Å². The first kappa shape index (κ1) is 16.9. The van der Waals surface area contributed by atoms with E-state index in [4.69, 9.17) is 5.73 Å². The van der Waals surface area contributed by atoms with Crippen LogP contribution in [0.2, 0.25) is 0 Å². The van der Waals surface area contributed by atoms with Crippen molar-refractivity contribution in [1.29, 1.82) is 0 Å². The molecule has 0 aliphatic heterocycles. The average Bonchev–Trinajstić information content (AvgIpc) is 2.46. The van der Waals surface area contributed by atoms with Gasteiger partial charge >= 0.3 is 0 Å². The Morgan fingerprint density at radius 1 is 1.32 bits per heavy atom. The Hall–Kier alpha value is -1.51. The maximum absolute atomic E-state index is 12.4. The van der Waals surface area contributed by atoms with Crippen LogP contribution in [0.25, 0.3) is 0 Å². The van der Waals surface area contributed by atoms with E-state index in [2.05, 4.69) is 4.72 Å². The van der Waals surface area contributed by atoms with E-state index in [0.29, 0.717) is 5.56 Å². The van der Waals surface area contributed by atoms with Gasteiger partial charge in [-0.05, 0) is 25.3 Å². The molecule has 2 rings (SSSR count). The molecule has 8 heteroatoms. The van der Waals surface area contributed by atoms with Crippen molar-refractivity contribution in [3.8, 4) is 0 Å². The molecule has 0 amide bonds. The summed E-state index contributed by atoms with van der Waals surface area (Å²) >= 11 is 0. The smallest absolute Gasteiger partial charge is 0.270 e. The molecule has 122 valence electrons. The summed E-state index contributed by atoms with van der Waals surface area (Å²) in [6.07, 6.45) is 4.67. The highest BCUT2D eigenvalue weighted by molar-refractivity contribution is 7.89. The van der Waals surface area contributed by atoms with Crippen molar-refractivity contribution in [2.24, 2.45) is 5.73 Å². The summed E-state index contributed by atoms with van der Waals surface area (Å²) in [5, 5.41) is 10.8. The standard InChI is InChI=1S/C14H21N3O4S/c1-11-5-6-12(17(18)19)9-13(11)22(20,21)16-10-14(15)7-3-2-4-8-14/h5-6,9,16H,2-4,7-8,10,15H2,1H3. The quantitative estimate of drug-likeness (QED) is 0.632. The minimum absolute atomic E-state index is 0.0684. The van der Waals surface area contributed by atoms with E-state index in [1.807, 2.05) is 0 Å². The van der Waals surface area contributed by atoms with Gasteiger partial charge < -0.3 is 5.73 Å². The van der Waals surface area contributed by atoms with Crippen LogP contribution in [-0.2, 0) is 10.0 Å². The number of non-ortho nitro benzene ring substituents is 1. The molecule has 3 N–H and O–H groups in total. The molecular weight excluding hydrogens is 306 g/mol. The number of rotatable bonds is 5. The van der Waals surface area contributed by atoms with E-state index in [-0.39, 0.29) is 17.1 Å². The minimum atomic E-state index is -3.82. The predicted molar refractivity (Wildman–Crippen MR) is 83.0 cm³/mol. The number of nitrogens with two attached hydrogens (primary N) is 1. The minimum Gasteiger partial charge on any atom is -0.324 e. The fraction of sp³-hybridized carbons (Fsp3) is 0.571. The first-order valence-electron chi connectivity index (χ1n) is 7.27. The molecule has 1 aromatic rings. The Balaban J connectivity index is 2.19. The number of hydrogen-bond donors (Lipinski definition) is 2. The van der Waals surface area contributed by atoms with E-state index in [1.165, 1.54) is 12.1 Å². The molecule has 0 radical (unpaired) electrons. The lowest BCUT2D eigenvalue weighted by molar-refractivity contribution is -0.385. The van der Waals surface area contributed by atoms with Crippen LogP contribution in [-0.4, -0.2) is 25.4 Å². The van der Waals surface area contributed by atoms with E-state index in [1.54, 1.807) is 6.92 Å². The van der Waals surface area contributed by atoms with Crippen LogP contribution in [0, 0.1) is 17.0 Å². The van der Waals surface area contributed by atoms with Gasteiger partial charge in [0.1, 0.15) is 0 Å². The van der Waals surface area contributed by atoms with Crippen LogP contribution in [0.1, 0.15) is 37.7 Å². The summed E-state index contributed by atoms with van der Waals surface area (Å²) in [7, 11) is -3.82. The third-order valence-electron chi connectivity index (χ3n) is 4.14. The molecule has 22 heavy (non-hydrogen) atoms. The van der Waals surface area contributed by atoms with Gasteiger partial charge in [0.05, 0.1) is 9.82 Å². The van der Waals surface area contributed by atoms with E-state index in [9.17, 15) is 18.5 Å². The summed E-state index contributed by atoms with van der Waals surface area (Å²) in [6.45, 7) is 1.76. The number of aryl methyl sites for hydroxylation is 1. The normalized spacial score (nSPS) is 18.1. The Labute approximate surface area is 130 Å². The van der Waals surface area contributed by atoms with Gasteiger partial charge in [-0.1, -0.05) is 25.3 Å². The van der Waals surface area contributed by atoms with Crippen LogP contribution < -0.4 is 10.5 Å². The van der Waals surface area contributed by atoms with E-state index < -0.39 is 20.5 Å². The highest BCUT2D eigenvalue weighted by atomic mass is 32.2. The molecule has 7 nitrogen and oxygen atoms in total. The highest BCUT2D eigenvalue weighted by Crippen LogP contribution is 2.26. The topological polar surface area (TPSA) is 115 Å². The SMILES string of the molecule is Cc1ccc([N+](=O)[O-])cc1S(=O)(=O)NCC1(N)CCCCC1. The van der Waals surface area contributed by atoms with Gasteiger partial charge in [0.25, 0.3) is 5.69 Å². The lowest BCUT2D eigenvalue weighted by Gasteiger charge is -2.33. The van der Waals surface area contributed by atoms with Gasteiger partial charge in [0, 0.05) is 24.2 Å². The van der Waals surface area contributed by atoms with Crippen molar-refractivity contribution >= 4 is 15.7 Å². The summed E-state index contributed by atoms with van der Waals surface area (Å²) in [5.74, 6) is 0. The summed E-state index contributed by atoms with van der Waals surface area (Å²) in [5.41, 5.74) is 5.92. The monoisotopic (exact) mass is 327 g/mol. The van der Waals surface area contributed by atoms with Crippen LogP contribution in [0.5, 0.6) is 0 Å². The molecule has 0 atom stereocenters. The molecule has 0 unspecified atom stereocenters.